The lowest BCUT2D eigenvalue weighted by atomic mass is 10.1. The molecule has 3 heterocycles. The van der Waals surface area contributed by atoms with Crippen molar-refractivity contribution in [3.63, 3.8) is 0 Å². The van der Waals surface area contributed by atoms with Crippen LogP contribution in [0.25, 0.3) is 0 Å². The summed E-state index contributed by atoms with van der Waals surface area (Å²) in [5.74, 6) is 0. The first-order valence-electron chi connectivity index (χ1n) is 6.55. The van der Waals surface area contributed by atoms with E-state index in [2.05, 4.69) is 19.8 Å². The zero-order chi connectivity index (χ0) is 11.7. The Labute approximate surface area is 103 Å². The number of nitrogens with zero attached hydrogens (tertiary/aromatic N) is 4. The second-order valence-corrected chi connectivity index (χ2v) is 5.22. The topological polar surface area (TPSA) is 32.3 Å². The fraction of sp³-hybridized carbons (Fsp3) is 0.692. The van der Waals surface area contributed by atoms with E-state index in [4.69, 9.17) is 0 Å². The molecule has 2 aliphatic rings. The average molecular weight is 232 g/mol. The van der Waals surface area contributed by atoms with E-state index < -0.39 is 0 Å². The van der Waals surface area contributed by atoms with E-state index in [1.807, 2.05) is 19.3 Å². The van der Waals surface area contributed by atoms with Crippen LogP contribution in [0.2, 0.25) is 0 Å². The highest BCUT2D eigenvalue weighted by molar-refractivity contribution is 5.01. The summed E-state index contributed by atoms with van der Waals surface area (Å²) in [6.07, 6.45) is 6.52. The number of aromatic nitrogens is 2. The smallest absolute Gasteiger partial charge is 0.0727 e. The number of aryl methyl sites for hydroxylation is 1. The van der Waals surface area contributed by atoms with Crippen LogP contribution in [-0.2, 0) is 6.54 Å². The van der Waals surface area contributed by atoms with Crippen molar-refractivity contribution in [3.8, 4) is 0 Å². The Hall–Kier alpha value is -1.00. The minimum Gasteiger partial charge on any atom is -0.298 e. The molecule has 2 saturated heterocycles. The summed E-state index contributed by atoms with van der Waals surface area (Å²) in [7, 11) is 0. The minimum absolute atomic E-state index is 0.794. The highest BCUT2D eigenvalue weighted by atomic mass is 15.3. The molecule has 0 saturated carbocycles. The van der Waals surface area contributed by atoms with Crippen LogP contribution >= 0.6 is 0 Å². The molecule has 1 aromatic heterocycles. The van der Waals surface area contributed by atoms with Crippen LogP contribution in [0.1, 0.15) is 24.2 Å². The molecule has 0 spiro atoms. The normalized spacial score (nSPS) is 26.1. The van der Waals surface area contributed by atoms with E-state index in [9.17, 15) is 0 Å². The SMILES string of the molecule is Cc1cnc(CN2CCN3CCCC3C2)cn1. The summed E-state index contributed by atoms with van der Waals surface area (Å²) < 4.78 is 0. The number of rotatable bonds is 2. The first-order valence-corrected chi connectivity index (χ1v) is 6.55. The minimum atomic E-state index is 0.794. The zero-order valence-corrected chi connectivity index (χ0v) is 10.5. The molecule has 0 N–H and O–H groups in total. The van der Waals surface area contributed by atoms with Crippen molar-refractivity contribution >= 4 is 0 Å². The van der Waals surface area contributed by atoms with Crippen LogP contribution in [0, 0.1) is 6.92 Å². The molecule has 92 valence electrons. The van der Waals surface area contributed by atoms with Crippen LogP contribution in [-0.4, -0.2) is 52.0 Å². The molecule has 0 aromatic carbocycles. The maximum Gasteiger partial charge on any atom is 0.0727 e. The molecule has 1 aromatic rings. The van der Waals surface area contributed by atoms with Gasteiger partial charge in [0.25, 0.3) is 0 Å². The van der Waals surface area contributed by atoms with E-state index in [0.29, 0.717) is 0 Å². The van der Waals surface area contributed by atoms with Gasteiger partial charge in [-0.15, -0.1) is 0 Å². The molecule has 3 rings (SSSR count). The molecule has 0 bridgehead atoms. The Morgan fingerprint density at radius 1 is 1.24 bits per heavy atom. The zero-order valence-electron chi connectivity index (χ0n) is 10.5. The van der Waals surface area contributed by atoms with Gasteiger partial charge in [0.15, 0.2) is 0 Å². The van der Waals surface area contributed by atoms with Gasteiger partial charge < -0.3 is 0 Å². The van der Waals surface area contributed by atoms with Gasteiger partial charge in [0.05, 0.1) is 11.4 Å². The fourth-order valence-electron chi connectivity index (χ4n) is 2.93. The Kier molecular flexibility index (Phi) is 3.07. The molecular formula is C13H20N4. The van der Waals surface area contributed by atoms with Gasteiger partial charge in [0.1, 0.15) is 0 Å². The van der Waals surface area contributed by atoms with E-state index >= 15 is 0 Å². The molecule has 2 aliphatic heterocycles. The lowest BCUT2D eigenvalue weighted by Gasteiger charge is -2.37. The van der Waals surface area contributed by atoms with Crippen molar-refractivity contribution in [2.45, 2.75) is 32.4 Å². The van der Waals surface area contributed by atoms with Crippen LogP contribution in [0.15, 0.2) is 12.4 Å². The van der Waals surface area contributed by atoms with Crippen LogP contribution in [0.3, 0.4) is 0 Å². The van der Waals surface area contributed by atoms with Crippen LogP contribution in [0.5, 0.6) is 0 Å². The van der Waals surface area contributed by atoms with Crippen LogP contribution in [0.4, 0.5) is 0 Å². The first kappa shape index (κ1) is 11.1. The third kappa shape index (κ3) is 2.48. The van der Waals surface area contributed by atoms with Gasteiger partial charge in [-0.1, -0.05) is 0 Å². The second kappa shape index (κ2) is 4.70. The summed E-state index contributed by atoms with van der Waals surface area (Å²) >= 11 is 0. The maximum absolute atomic E-state index is 4.44. The van der Waals surface area contributed by atoms with Crippen molar-refractivity contribution in [2.24, 2.45) is 0 Å². The molecule has 2 fully saturated rings. The monoisotopic (exact) mass is 232 g/mol. The molecule has 0 amide bonds. The predicted octanol–water partition coefficient (Wildman–Crippen LogP) is 1.07. The lowest BCUT2D eigenvalue weighted by molar-refractivity contribution is 0.0983. The van der Waals surface area contributed by atoms with Gasteiger partial charge in [0.2, 0.25) is 0 Å². The van der Waals surface area contributed by atoms with Crippen molar-refractivity contribution in [1.82, 2.24) is 19.8 Å². The molecular weight excluding hydrogens is 212 g/mol. The average Bonchev–Trinajstić information content (AvgIpc) is 2.79. The Morgan fingerprint density at radius 2 is 2.18 bits per heavy atom. The maximum atomic E-state index is 4.44. The van der Waals surface area contributed by atoms with E-state index in [1.54, 1.807) is 0 Å². The molecule has 4 nitrogen and oxygen atoms in total. The van der Waals surface area contributed by atoms with Crippen molar-refractivity contribution in [1.29, 1.82) is 0 Å². The molecule has 4 heteroatoms. The quantitative estimate of drug-likeness (QED) is 0.763. The number of fused-ring (bicyclic) bond motifs is 1. The van der Waals surface area contributed by atoms with E-state index in [0.717, 1.165) is 24.0 Å². The summed E-state index contributed by atoms with van der Waals surface area (Å²) in [4.78, 5) is 13.9. The van der Waals surface area contributed by atoms with Gasteiger partial charge in [-0.2, -0.15) is 0 Å². The fourth-order valence-corrected chi connectivity index (χ4v) is 2.93. The molecule has 17 heavy (non-hydrogen) atoms. The largest absolute Gasteiger partial charge is 0.298 e. The number of piperazine rings is 1. The van der Waals surface area contributed by atoms with Gasteiger partial charge in [-0.25, -0.2) is 0 Å². The lowest BCUT2D eigenvalue weighted by Crippen LogP contribution is -2.49. The Morgan fingerprint density at radius 3 is 3.00 bits per heavy atom. The molecule has 0 radical (unpaired) electrons. The van der Waals surface area contributed by atoms with Crippen molar-refractivity contribution in [2.75, 3.05) is 26.2 Å². The van der Waals surface area contributed by atoms with Crippen LogP contribution < -0.4 is 0 Å². The van der Waals surface area contributed by atoms with Gasteiger partial charge >= 0.3 is 0 Å². The molecule has 0 aliphatic carbocycles. The summed E-state index contributed by atoms with van der Waals surface area (Å²) in [5, 5.41) is 0. The van der Waals surface area contributed by atoms with E-state index in [1.165, 1.54) is 39.0 Å². The third-order valence-electron chi connectivity index (χ3n) is 3.89. The van der Waals surface area contributed by atoms with Crippen molar-refractivity contribution < 1.29 is 0 Å². The second-order valence-electron chi connectivity index (χ2n) is 5.22. The van der Waals surface area contributed by atoms with Gasteiger partial charge in [-0.05, 0) is 26.3 Å². The predicted molar refractivity (Wildman–Crippen MR) is 66.6 cm³/mol. The summed E-state index contributed by atoms with van der Waals surface area (Å²) in [5.41, 5.74) is 2.09. The van der Waals surface area contributed by atoms with Crippen molar-refractivity contribution in [3.05, 3.63) is 23.8 Å². The first-order chi connectivity index (χ1) is 8.31. The number of hydrogen-bond donors (Lipinski definition) is 0. The highest BCUT2D eigenvalue weighted by Crippen LogP contribution is 2.22. The standard InChI is InChI=1S/C13H20N4/c1-11-7-15-12(8-14-11)9-16-5-6-17-4-2-3-13(17)10-16/h7-8,13H,2-6,9-10H2,1H3. The number of hydrogen-bond acceptors (Lipinski definition) is 4. The molecule has 1 unspecified atom stereocenters. The van der Waals surface area contributed by atoms with E-state index in [-0.39, 0.29) is 0 Å². The Bertz CT molecular complexity index is 376. The molecule has 1 atom stereocenters. The van der Waals surface area contributed by atoms with Gasteiger partial charge in [-0.3, -0.25) is 19.8 Å². The highest BCUT2D eigenvalue weighted by Gasteiger charge is 2.30. The third-order valence-corrected chi connectivity index (χ3v) is 3.89. The summed E-state index contributed by atoms with van der Waals surface area (Å²) in [6, 6.07) is 0.794. The Balaban J connectivity index is 1.60. The summed E-state index contributed by atoms with van der Waals surface area (Å²) in [6.45, 7) is 7.85. The van der Waals surface area contributed by atoms with Gasteiger partial charge in [0, 0.05) is 44.6 Å².